The van der Waals surface area contributed by atoms with Crippen LogP contribution in [-0.2, 0) is 16.1 Å². The first-order chi connectivity index (χ1) is 22.5. The maximum absolute atomic E-state index is 16.0. The second-order valence-electron chi connectivity index (χ2n) is 11.7. The largest absolute Gasteiger partial charge is 0.496 e. The second kappa shape index (κ2) is 12.7. The lowest BCUT2D eigenvalue weighted by Gasteiger charge is -2.33. The van der Waals surface area contributed by atoms with Crippen molar-refractivity contribution in [3.63, 3.8) is 0 Å². The van der Waals surface area contributed by atoms with Crippen LogP contribution in [0.5, 0.6) is 5.75 Å². The summed E-state index contributed by atoms with van der Waals surface area (Å²) in [5.41, 5.74) is 2.97. The van der Waals surface area contributed by atoms with E-state index < -0.39 is 35.2 Å². The van der Waals surface area contributed by atoms with Gasteiger partial charge in [-0.15, -0.1) is 0 Å². The Bertz CT molecular complexity index is 1920. The highest BCUT2D eigenvalue weighted by atomic mass is 35.5. The van der Waals surface area contributed by atoms with Crippen LogP contribution in [0.25, 0.3) is 27.6 Å². The van der Waals surface area contributed by atoms with Crippen molar-refractivity contribution in [2.45, 2.75) is 50.2 Å². The van der Waals surface area contributed by atoms with Crippen LogP contribution in [0.2, 0.25) is 0 Å². The maximum atomic E-state index is 16.0. The van der Waals surface area contributed by atoms with E-state index in [0.29, 0.717) is 44.7 Å². The van der Waals surface area contributed by atoms with Crippen molar-refractivity contribution in [1.82, 2.24) is 24.8 Å². The summed E-state index contributed by atoms with van der Waals surface area (Å²) >= 11 is 6.39. The molecule has 2 amide bonds. The molecule has 1 aliphatic carbocycles. The lowest BCUT2D eigenvalue weighted by Crippen LogP contribution is -2.54. The molecule has 2 aliphatic rings. The second-order valence-corrected chi connectivity index (χ2v) is 12.2. The third kappa shape index (κ3) is 6.15. The fourth-order valence-corrected chi connectivity index (χ4v) is 6.46. The molecule has 2 aromatic carbocycles. The quantitative estimate of drug-likeness (QED) is 0.195. The molecular formula is C35H32ClF2N5O4. The number of alkyl halides is 3. The van der Waals surface area contributed by atoms with Crippen molar-refractivity contribution in [3.8, 4) is 16.9 Å². The SMILES string of the molecule is COc1cc2c(cc1-c1cnc(C)nc1)c(C(C)=O)cn2CC(=O)N1C[C@H](F)C[C@H]1C(=O)NC1C=CC=C(c2ccccc2)C1(F)Cl. The van der Waals surface area contributed by atoms with Crippen molar-refractivity contribution < 1.29 is 27.9 Å². The molecule has 0 bridgehead atoms. The summed E-state index contributed by atoms with van der Waals surface area (Å²) in [6.07, 6.45) is 7.72. The smallest absolute Gasteiger partial charge is 0.243 e. The predicted octanol–water partition coefficient (Wildman–Crippen LogP) is 5.60. The minimum atomic E-state index is -2.48. The van der Waals surface area contributed by atoms with Crippen LogP contribution < -0.4 is 10.1 Å². The van der Waals surface area contributed by atoms with E-state index in [0.717, 1.165) is 4.90 Å². The molecule has 9 nitrogen and oxygen atoms in total. The Morgan fingerprint density at radius 3 is 2.53 bits per heavy atom. The first kappa shape index (κ1) is 32.1. The van der Waals surface area contributed by atoms with Crippen molar-refractivity contribution in [2.75, 3.05) is 13.7 Å². The molecule has 1 aliphatic heterocycles. The Kier molecular flexibility index (Phi) is 8.67. The van der Waals surface area contributed by atoms with Crippen LogP contribution >= 0.6 is 11.6 Å². The molecular weight excluding hydrogens is 628 g/mol. The van der Waals surface area contributed by atoms with Crippen molar-refractivity contribution in [3.05, 3.63) is 96.2 Å². The van der Waals surface area contributed by atoms with Crippen LogP contribution in [0.15, 0.2) is 79.3 Å². The highest BCUT2D eigenvalue weighted by molar-refractivity contribution is 6.30. The summed E-state index contributed by atoms with van der Waals surface area (Å²) in [6.45, 7) is 2.60. The van der Waals surface area contributed by atoms with E-state index in [2.05, 4.69) is 15.3 Å². The number of likely N-dealkylation sites (tertiary alicyclic amines) is 1. The molecule has 4 aromatic rings. The first-order valence-corrected chi connectivity index (χ1v) is 15.4. The van der Waals surface area contributed by atoms with E-state index in [1.165, 1.54) is 26.2 Å². The number of aromatic nitrogens is 3. The van der Waals surface area contributed by atoms with E-state index in [4.69, 9.17) is 16.3 Å². The zero-order valence-electron chi connectivity index (χ0n) is 25.9. The molecule has 242 valence electrons. The van der Waals surface area contributed by atoms with E-state index in [1.807, 2.05) is 0 Å². The molecule has 47 heavy (non-hydrogen) atoms. The number of fused-ring (bicyclic) bond motifs is 1. The van der Waals surface area contributed by atoms with Gasteiger partial charge < -0.3 is 19.5 Å². The maximum Gasteiger partial charge on any atom is 0.243 e. The molecule has 0 radical (unpaired) electrons. The number of hydrogen-bond donors (Lipinski definition) is 1. The molecule has 2 unspecified atom stereocenters. The zero-order valence-corrected chi connectivity index (χ0v) is 26.7. The summed E-state index contributed by atoms with van der Waals surface area (Å²) in [7, 11) is 1.51. The molecule has 4 atom stereocenters. The summed E-state index contributed by atoms with van der Waals surface area (Å²) in [4.78, 5) is 49.6. The Morgan fingerprint density at radius 1 is 1.13 bits per heavy atom. The summed E-state index contributed by atoms with van der Waals surface area (Å²) in [5.74, 6) is -0.426. The number of benzene rings is 2. The molecule has 1 N–H and O–H groups in total. The van der Waals surface area contributed by atoms with Crippen LogP contribution in [0, 0.1) is 6.92 Å². The number of nitrogens with zero attached hydrogens (tertiary/aromatic N) is 4. The van der Waals surface area contributed by atoms with Crippen LogP contribution in [0.4, 0.5) is 8.78 Å². The topological polar surface area (TPSA) is 106 Å². The highest BCUT2D eigenvalue weighted by Gasteiger charge is 2.46. The van der Waals surface area contributed by atoms with Gasteiger partial charge in [0.05, 0.1) is 19.2 Å². The molecule has 1 fully saturated rings. The summed E-state index contributed by atoms with van der Waals surface area (Å²) in [5, 5.41) is 0.692. The molecule has 3 heterocycles. The van der Waals surface area contributed by atoms with Gasteiger partial charge in [0.1, 0.15) is 36.4 Å². The number of Topliss-reactive ketones (excluding diaryl/α,β-unsaturated/α-hetero) is 1. The Balaban J connectivity index is 1.26. The van der Waals surface area contributed by atoms with E-state index in [9.17, 15) is 18.8 Å². The van der Waals surface area contributed by atoms with Crippen LogP contribution in [0.1, 0.15) is 35.1 Å². The van der Waals surface area contributed by atoms with Gasteiger partial charge in [0.25, 0.3) is 0 Å². The number of ketones is 1. The minimum Gasteiger partial charge on any atom is -0.496 e. The average Bonchev–Trinajstić information content (AvgIpc) is 3.62. The van der Waals surface area contributed by atoms with Gasteiger partial charge in [-0.25, -0.2) is 18.7 Å². The molecule has 2 aromatic heterocycles. The molecule has 1 saturated heterocycles. The first-order valence-electron chi connectivity index (χ1n) is 15.0. The zero-order chi connectivity index (χ0) is 33.5. The van der Waals surface area contributed by atoms with Crippen LogP contribution in [-0.4, -0.2) is 74.1 Å². The van der Waals surface area contributed by atoms with E-state index in [1.54, 1.807) is 78.6 Å². The Labute approximate surface area is 274 Å². The number of aryl methyl sites for hydroxylation is 1. The number of rotatable bonds is 8. The Morgan fingerprint density at radius 2 is 1.85 bits per heavy atom. The summed E-state index contributed by atoms with van der Waals surface area (Å²) in [6, 6.07) is 9.75. The standard InChI is InChI=1S/C35H32ClF2N5O4/c1-20(44)27-18-42(29-14-31(47-3)25(13-26(27)29)23-15-39-21(2)40-16-23)19-33(45)43-17-24(37)12-30(43)34(46)41-32-11-7-10-28(35(32,36)38)22-8-5-4-6-9-22/h4-11,13-16,18,24,30,32H,12,17,19H2,1-3H3,(H,41,46)/t24-,30+,32?,35?/m1/s1. The van der Waals surface area contributed by atoms with E-state index >= 15 is 4.39 Å². The number of carbonyl (C=O) groups is 3. The summed E-state index contributed by atoms with van der Waals surface area (Å²) < 4.78 is 38.1. The third-order valence-corrected chi connectivity index (χ3v) is 8.99. The van der Waals surface area contributed by atoms with E-state index in [-0.39, 0.29) is 30.9 Å². The van der Waals surface area contributed by atoms with Gasteiger partial charge in [0.15, 0.2) is 5.78 Å². The normalized spacial score (nSPS) is 22.3. The number of hydrogen-bond acceptors (Lipinski definition) is 6. The van der Waals surface area contributed by atoms with Gasteiger partial charge in [-0.05, 0) is 25.5 Å². The molecule has 0 saturated carbocycles. The van der Waals surface area contributed by atoms with Gasteiger partial charge in [0, 0.05) is 58.7 Å². The Hall–Kier alpha value is -4.90. The minimum absolute atomic E-state index is 0.171. The highest BCUT2D eigenvalue weighted by Crippen LogP contribution is 2.41. The fraction of sp³-hybridized carbons (Fsp3) is 0.286. The predicted molar refractivity (Wildman–Crippen MR) is 174 cm³/mol. The number of halogens is 3. The lowest BCUT2D eigenvalue weighted by molar-refractivity contribution is -0.139. The van der Waals surface area contributed by atoms with Crippen molar-refractivity contribution in [2.24, 2.45) is 0 Å². The molecule has 6 rings (SSSR count). The van der Waals surface area contributed by atoms with Crippen molar-refractivity contribution in [1.29, 1.82) is 0 Å². The van der Waals surface area contributed by atoms with Gasteiger partial charge >= 0.3 is 0 Å². The molecule has 0 spiro atoms. The van der Waals surface area contributed by atoms with Gasteiger partial charge in [-0.2, -0.15) is 0 Å². The molecule has 12 heteroatoms. The number of carbonyl (C=O) groups excluding carboxylic acids is 3. The number of amides is 2. The number of ether oxygens (including phenoxy) is 1. The van der Waals surface area contributed by atoms with Gasteiger partial charge in [-0.1, -0.05) is 60.2 Å². The third-order valence-electron chi connectivity index (χ3n) is 8.55. The lowest BCUT2D eigenvalue weighted by atomic mass is 9.91. The average molecular weight is 660 g/mol. The monoisotopic (exact) mass is 659 g/mol. The number of nitrogens with one attached hydrogen (secondary N) is 1. The number of allylic oxidation sites excluding steroid dienone is 2. The van der Waals surface area contributed by atoms with Gasteiger partial charge in [-0.3, -0.25) is 14.4 Å². The number of methoxy groups -OCH3 is 1. The van der Waals surface area contributed by atoms with Crippen molar-refractivity contribution >= 4 is 45.7 Å². The fourth-order valence-electron chi connectivity index (χ4n) is 6.16. The van der Waals surface area contributed by atoms with Gasteiger partial charge in [0.2, 0.25) is 16.9 Å². The van der Waals surface area contributed by atoms with Crippen LogP contribution in [0.3, 0.4) is 0 Å².